The van der Waals surface area contributed by atoms with E-state index in [0.717, 1.165) is 6.42 Å². The predicted molar refractivity (Wildman–Crippen MR) is 52.4 cm³/mol. The number of alkyl halides is 2. The summed E-state index contributed by atoms with van der Waals surface area (Å²) in [5.41, 5.74) is -2.94. The Hall–Kier alpha value is -0.180. The highest BCUT2D eigenvalue weighted by atomic mass is 19.3. The van der Waals surface area contributed by atoms with Crippen LogP contribution in [-0.4, -0.2) is 16.6 Å². The van der Waals surface area contributed by atoms with E-state index in [1.165, 1.54) is 20.8 Å². The number of hydrogen-bond donors (Lipinski definition) is 1. The largest absolute Gasteiger partial charge is 0.384 e. The Bertz CT molecular complexity index is 200. The molecule has 14 heavy (non-hydrogen) atoms. The van der Waals surface area contributed by atoms with Gasteiger partial charge in [0.2, 0.25) is 0 Å². The van der Waals surface area contributed by atoms with Crippen molar-refractivity contribution in [2.45, 2.75) is 64.4 Å². The highest BCUT2D eigenvalue weighted by Gasteiger charge is 2.59. The molecule has 0 unspecified atom stereocenters. The van der Waals surface area contributed by atoms with E-state index < -0.39 is 16.9 Å². The van der Waals surface area contributed by atoms with Crippen LogP contribution in [0.25, 0.3) is 0 Å². The van der Waals surface area contributed by atoms with E-state index >= 15 is 0 Å². The molecule has 1 rings (SSSR count). The second-order valence-corrected chi connectivity index (χ2v) is 5.42. The lowest BCUT2D eigenvalue weighted by Crippen LogP contribution is -2.56. The summed E-state index contributed by atoms with van der Waals surface area (Å²) in [6, 6.07) is 0. The van der Waals surface area contributed by atoms with E-state index in [1.54, 1.807) is 0 Å². The molecule has 0 aliphatic heterocycles. The average molecular weight is 206 g/mol. The fraction of sp³-hybridized carbons (Fsp3) is 1.00. The molecule has 0 amide bonds. The van der Waals surface area contributed by atoms with Crippen LogP contribution in [0.2, 0.25) is 0 Å². The van der Waals surface area contributed by atoms with Crippen LogP contribution in [0.4, 0.5) is 8.78 Å². The Labute approximate surface area is 84.5 Å². The van der Waals surface area contributed by atoms with Crippen molar-refractivity contribution in [2.24, 2.45) is 5.41 Å². The SMILES string of the molecule is CC(C)(C)C(F)(F)C1(O)CCCCC1. The third kappa shape index (κ3) is 1.79. The predicted octanol–water partition coefficient (Wildman–Crippen LogP) is 3.36. The van der Waals surface area contributed by atoms with Crippen LogP contribution >= 0.6 is 0 Å². The van der Waals surface area contributed by atoms with Gasteiger partial charge in [-0.2, -0.15) is 0 Å². The van der Waals surface area contributed by atoms with Gasteiger partial charge in [-0.05, 0) is 12.8 Å². The summed E-state index contributed by atoms with van der Waals surface area (Å²) >= 11 is 0. The fourth-order valence-electron chi connectivity index (χ4n) is 2.15. The molecule has 0 radical (unpaired) electrons. The van der Waals surface area contributed by atoms with E-state index in [0.29, 0.717) is 12.8 Å². The summed E-state index contributed by atoms with van der Waals surface area (Å²) in [4.78, 5) is 0. The van der Waals surface area contributed by atoms with Gasteiger partial charge >= 0.3 is 0 Å². The Morgan fingerprint density at radius 3 is 1.79 bits per heavy atom. The van der Waals surface area contributed by atoms with Gasteiger partial charge in [0.25, 0.3) is 5.92 Å². The summed E-state index contributed by atoms with van der Waals surface area (Å²) < 4.78 is 27.9. The van der Waals surface area contributed by atoms with Crippen molar-refractivity contribution in [1.29, 1.82) is 0 Å². The van der Waals surface area contributed by atoms with Crippen LogP contribution in [0.1, 0.15) is 52.9 Å². The van der Waals surface area contributed by atoms with Crippen LogP contribution in [0, 0.1) is 5.41 Å². The molecule has 3 heteroatoms. The first-order valence-electron chi connectivity index (χ1n) is 5.31. The minimum Gasteiger partial charge on any atom is -0.384 e. The Kier molecular flexibility index (Phi) is 2.92. The molecule has 0 aromatic rings. The zero-order valence-electron chi connectivity index (χ0n) is 9.24. The van der Waals surface area contributed by atoms with Gasteiger partial charge in [-0.3, -0.25) is 0 Å². The molecule has 84 valence electrons. The maximum Gasteiger partial charge on any atom is 0.280 e. The van der Waals surface area contributed by atoms with Gasteiger partial charge in [0.05, 0.1) is 0 Å². The first-order chi connectivity index (χ1) is 6.21. The van der Waals surface area contributed by atoms with Gasteiger partial charge in [0, 0.05) is 5.41 Å². The molecule has 1 fully saturated rings. The van der Waals surface area contributed by atoms with Gasteiger partial charge in [0.1, 0.15) is 5.60 Å². The number of aliphatic hydroxyl groups is 1. The lowest BCUT2D eigenvalue weighted by Gasteiger charge is -2.45. The van der Waals surface area contributed by atoms with Gasteiger partial charge < -0.3 is 5.11 Å². The quantitative estimate of drug-likeness (QED) is 0.697. The van der Waals surface area contributed by atoms with Gasteiger partial charge in [-0.1, -0.05) is 40.0 Å². The molecule has 1 nitrogen and oxygen atoms in total. The van der Waals surface area contributed by atoms with Crippen molar-refractivity contribution in [1.82, 2.24) is 0 Å². The minimum atomic E-state index is -3.00. The second-order valence-electron chi connectivity index (χ2n) is 5.42. The first-order valence-corrected chi connectivity index (χ1v) is 5.31. The molecule has 1 N–H and O–H groups in total. The fourth-order valence-corrected chi connectivity index (χ4v) is 2.15. The smallest absolute Gasteiger partial charge is 0.280 e. The second kappa shape index (κ2) is 3.44. The molecule has 1 aliphatic carbocycles. The molecule has 1 aliphatic rings. The van der Waals surface area contributed by atoms with Crippen LogP contribution < -0.4 is 0 Å². The molecule has 0 saturated heterocycles. The third-order valence-corrected chi connectivity index (χ3v) is 3.21. The normalized spacial score (nSPS) is 23.6. The monoisotopic (exact) mass is 206 g/mol. The molecular formula is C11H20F2O. The van der Waals surface area contributed by atoms with Crippen molar-refractivity contribution < 1.29 is 13.9 Å². The number of halogens is 2. The Morgan fingerprint density at radius 2 is 1.43 bits per heavy atom. The van der Waals surface area contributed by atoms with E-state index in [4.69, 9.17) is 0 Å². The molecular weight excluding hydrogens is 186 g/mol. The van der Waals surface area contributed by atoms with E-state index in [9.17, 15) is 13.9 Å². The molecule has 1 saturated carbocycles. The van der Waals surface area contributed by atoms with E-state index in [1.807, 2.05) is 0 Å². The van der Waals surface area contributed by atoms with Crippen molar-refractivity contribution in [2.75, 3.05) is 0 Å². The molecule has 0 bridgehead atoms. The first kappa shape index (κ1) is 11.9. The standard InChI is InChI=1S/C11H20F2O/c1-9(2,3)11(12,13)10(14)7-5-4-6-8-10/h14H,4-8H2,1-3H3. The van der Waals surface area contributed by atoms with Crippen LogP contribution in [0.5, 0.6) is 0 Å². The van der Waals surface area contributed by atoms with E-state index in [-0.39, 0.29) is 12.8 Å². The minimum absolute atomic E-state index is 0.233. The average Bonchev–Trinajstić information content (AvgIpc) is 2.03. The van der Waals surface area contributed by atoms with Crippen molar-refractivity contribution >= 4 is 0 Å². The summed E-state index contributed by atoms with van der Waals surface area (Å²) in [7, 11) is 0. The summed E-state index contributed by atoms with van der Waals surface area (Å²) in [5, 5.41) is 9.98. The topological polar surface area (TPSA) is 20.2 Å². The summed E-state index contributed by atoms with van der Waals surface area (Å²) in [5.74, 6) is -3.00. The van der Waals surface area contributed by atoms with Gasteiger partial charge in [-0.25, -0.2) is 8.78 Å². The van der Waals surface area contributed by atoms with Crippen LogP contribution in [0.15, 0.2) is 0 Å². The zero-order chi connectivity index (χ0) is 11.0. The molecule has 0 spiro atoms. The Morgan fingerprint density at radius 1 is 1.00 bits per heavy atom. The van der Waals surface area contributed by atoms with Crippen molar-refractivity contribution in [3.8, 4) is 0 Å². The highest BCUT2D eigenvalue weighted by Crippen LogP contribution is 2.49. The number of hydrogen-bond acceptors (Lipinski definition) is 1. The van der Waals surface area contributed by atoms with Gasteiger partial charge in [0.15, 0.2) is 0 Å². The molecule has 0 atom stereocenters. The third-order valence-electron chi connectivity index (χ3n) is 3.21. The molecule has 0 aromatic carbocycles. The highest BCUT2D eigenvalue weighted by molar-refractivity contribution is 5.01. The maximum atomic E-state index is 14.0. The lowest BCUT2D eigenvalue weighted by molar-refractivity contribution is -0.244. The zero-order valence-corrected chi connectivity index (χ0v) is 9.24. The molecule has 0 aromatic heterocycles. The maximum absolute atomic E-state index is 14.0. The Balaban J connectivity index is 2.89. The summed E-state index contributed by atoms with van der Waals surface area (Å²) in [6.45, 7) is 4.46. The van der Waals surface area contributed by atoms with Crippen LogP contribution in [0.3, 0.4) is 0 Å². The summed E-state index contributed by atoms with van der Waals surface area (Å²) in [6.07, 6.45) is 2.85. The van der Waals surface area contributed by atoms with E-state index in [2.05, 4.69) is 0 Å². The molecule has 0 heterocycles. The number of rotatable bonds is 1. The van der Waals surface area contributed by atoms with Gasteiger partial charge in [-0.15, -0.1) is 0 Å². The lowest BCUT2D eigenvalue weighted by atomic mass is 9.70. The van der Waals surface area contributed by atoms with Crippen molar-refractivity contribution in [3.05, 3.63) is 0 Å². The van der Waals surface area contributed by atoms with Crippen molar-refractivity contribution in [3.63, 3.8) is 0 Å². The van der Waals surface area contributed by atoms with Crippen LogP contribution in [-0.2, 0) is 0 Å².